The number of nitrogens with one attached hydrogen (secondary N) is 1. The van der Waals surface area contributed by atoms with Gasteiger partial charge in [-0.25, -0.2) is 4.98 Å². The summed E-state index contributed by atoms with van der Waals surface area (Å²) >= 11 is 5.58. The zero-order chi connectivity index (χ0) is 11.6. The summed E-state index contributed by atoms with van der Waals surface area (Å²) in [6, 6.07) is -0.242. The van der Waals surface area contributed by atoms with E-state index in [0.717, 1.165) is 6.92 Å². The molecule has 2 nitrogen and oxygen atoms in total. The van der Waals surface area contributed by atoms with Gasteiger partial charge >= 0.3 is 6.18 Å². The first kappa shape index (κ1) is 12.1. The van der Waals surface area contributed by atoms with E-state index < -0.39 is 12.2 Å². The van der Waals surface area contributed by atoms with Crippen molar-refractivity contribution >= 4 is 17.3 Å². The van der Waals surface area contributed by atoms with Crippen LogP contribution in [0.15, 0.2) is 12.3 Å². The Labute approximate surface area is 90.5 Å². The van der Waals surface area contributed by atoms with Crippen LogP contribution in [-0.2, 0) is 0 Å². The molecule has 6 heteroatoms. The summed E-state index contributed by atoms with van der Waals surface area (Å²) in [4.78, 5) is 3.75. The molecule has 1 aromatic rings. The lowest BCUT2D eigenvalue weighted by Gasteiger charge is -2.19. The number of anilines is 1. The van der Waals surface area contributed by atoms with Crippen molar-refractivity contribution in [3.05, 3.63) is 23.0 Å². The van der Waals surface area contributed by atoms with Crippen LogP contribution in [0, 0.1) is 6.92 Å². The molecule has 0 spiro atoms. The Balaban J connectivity index is 2.85. The minimum atomic E-state index is -4.28. The number of aromatic nitrogens is 1. The predicted molar refractivity (Wildman–Crippen MR) is 53.1 cm³/mol. The largest absolute Gasteiger partial charge is 0.408 e. The molecule has 0 radical (unpaired) electrons. The van der Waals surface area contributed by atoms with Crippen LogP contribution in [0.1, 0.15) is 12.5 Å². The zero-order valence-electron chi connectivity index (χ0n) is 8.19. The molecule has 1 heterocycles. The van der Waals surface area contributed by atoms with Crippen LogP contribution >= 0.6 is 11.6 Å². The first-order chi connectivity index (χ1) is 6.80. The van der Waals surface area contributed by atoms with Gasteiger partial charge in [-0.1, -0.05) is 11.6 Å². The zero-order valence-corrected chi connectivity index (χ0v) is 8.95. The molecule has 1 unspecified atom stereocenters. The lowest BCUT2D eigenvalue weighted by Crippen LogP contribution is -2.33. The van der Waals surface area contributed by atoms with E-state index in [1.54, 1.807) is 6.92 Å². The van der Waals surface area contributed by atoms with Crippen molar-refractivity contribution < 1.29 is 13.2 Å². The first-order valence-corrected chi connectivity index (χ1v) is 4.64. The number of aryl methyl sites for hydroxylation is 1. The molecule has 0 amide bonds. The summed E-state index contributed by atoms with van der Waals surface area (Å²) in [5, 5.41) is 2.51. The summed E-state index contributed by atoms with van der Waals surface area (Å²) < 4.78 is 36.8. The minimum absolute atomic E-state index is 0.164. The minimum Gasteiger partial charge on any atom is -0.374 e. The monoisotopic (exact) mass is 238 g/mol. The SMILES string of the molecule is Cc1cnc(Cl)cc1NC(C)C(F)(F)F. The van der Waals surface area contributed by atoms with E-state index in [4.69, 9.17) is 11.6 Å². The lowest BCUT2D eigenvalue weighted by atomic mass is 10.2. The fraction of sp³-hybridized carbons (Fsp3) is 0.444. The summed E-state index contributed by atoms with van der Waals surface area (Å²) in [7, 11) is 0. The number of nitrogens with zero attached hydrogens (tertiary/aromatic N) is 1. The Morgan fingerprint density at radius 3 is 2.60 bits per heavy atom. The molecular weight excluding hydrogens is 229 g/mol. The van der Waals surface area contributed by atoms with Crippen LogP contribution in [0.5, 0.6) is 0 Å². The number of halogens is 4. The number of pyridine rings is 1. The average Bonchev–Trinajstić information content (AvgIpc) is 2.09. The fourth-order valence-electron chi connectivity index (χ4n) is 0.969. The smallest absolute Gasteiger partial charge is 0.374 e. The maximum absolute atomic E-state index is 12.3. The van der Waals surface area contributed by atoms with Crippen molar-refractivity contribution in [2.24, 2.45) is 0 Å². The maximum atomic E-state index is 12.3. The molecule has 0 bridgehead atoms. The predicted octanol–water partition coefficient (Wildman–Crippen LogP) is 3.41. The van der Waals surface area contributed by atoms with Crippen molar-refractivity contribution in [1.29, 1.82) is 0 Å². The Morgan fingerprint density at radius 1 is 1.47 bits per heavy atom. The highest BCUT2D eigenvalue weighted by atomic mass is 35.5. The molecule has 1 atom stereocenters. The van der Waals surface area contributed by atoms with Gasteiger partial charge in [-0.15, -0.1) is 0 Å². The van der Waals surface area contributed by atoms with E-state index in [2.05, 4.69) is 10.3 Å². The van der Waals surface area contributed by atoms with Gasteiger partial charge in [-0.2, -0.15) is 13.2 Å². The highest BCUT2D eigenvalue weighted by molar-refractivity contribution is 6.29. The van der Waals surface area contributed by atoms with E-state index in [-0.39, 0.29) is 5.15 Å². The molecule has 0 aliphatic rings. The van der Waals surface area contributed by atoms with Gasteiger partial charge < -0.3 is 5.32 Å². The molecule has 1 aromatic heterocycles. The van der Waals surface area contributed by atoms with Crippen LogP contribution in [-0.4, -0.2) is 17.2 Å². The van der Waals surface area contributed by atoms with E-state index in [1.165, 1.54) is 12.3 Å². The van der Waals surface area contributed by atoms with Crippen LogP contribution in [0.4, 0.5) is 18.9 Å². The first-order valence-electron chi connectivity index (χ1n) is 4.26. The third-order valence-corrected chi connectivity index (χ3v) is 2.14. The molecule has 15 heavy (non-hydrogen) atoms. The molecule has 0 saturated carbocycles. The molecule has 0 saturated heterocycles. The van der Waals surface area contributed by atoms with Crippen LogP contribution < -0.4 is 5.32 Å². The molecule has 1 N–H and O–H groups in total. The second-order valence-electron chi connectivity index (χ2n) is 3.23. The normalized spacial score (nSPS) is 13.7. The van der Waals surface area contributed by atoms with Crippen molar-refractivity contribution in [3.63, 3.8) is 0 Å². The third-order valence-electron chi connectivity index (χ3n) is 1.93. The van der Waals surface area contributed by atoms with Gasteiger partial charge in [0.15, 0.2) is 0 Å². The van der Waals surface area contributed by atoms with Crippen LogP contribution in [0.2, 0.25) is 5.15 Å². The Hall–Kier alpha value is -0.970. The summed E-state index contributed by atoms with van der Waals surface area (Å²) in [6.45, 7) is 2.71. The van der Waals surface area contributed by atoms with E-state index >= 15 is 0 Å². The summed E-state index contributed by atoms with van der Waals surface area (Å²) in [6.07, 6.45) is -2.85. The van der Waals surface area contributed by atoms with Crippen molar-refractivity contribution in [3.8, 4) is 0 Å². The topological polar surface area (TPSA) is 24.9 Å². The van der Waals surface area contributed by atoms with E-state index in [9.17, 15) is 13.2 Å². The van der Waals surface area contributed by atoms with Gasteiger partial charge in [0.1, 0.15) is 11.2 Å². The fourth-order valence-corrected chi connectivity index (χ4v) is 1.13. The van der Waals surface area contributed by atoms with Crippen LogP contribution in [0.25, 0.3) is 0 Å². The number of rotatable bonds is 2. The van der Waals surface area contributed by atoms with E-state index in [1.807, 2.05) is 0 Å². The van der Waals surface area contributed by atoms with Crippen molar-refractivity contribution in [1.82, 2.24) is 4.98 Å². The molecule has 0 aliphatic carbocycles. The van der Waals surface area contributed by atoms with Gasteiger partial charge in [0.2, 0.25) is 0 Å². The van der Waals surface area contributed by atoms with Crippen LogP contribution in [0.3, 0.4) is 0 Å². The highest BCUT2D eigenvalue weighted by Gasteiger charge is 2.36. The van der Waals surface area contributed by atoms with Gasteiger partial charge in [-0.05, 0) is 25.5 Å². The highest BCUT2D eigenvalue weighted by Crippen LogP contribution is 2.25. The average molecular weight is 239 g/mol. The Kier molecular flexibility index (Phi) is 3.44. The molecule has 0 fully saturated rings. The lowest BCUT2D eigenvalue weighted by molar-refractivity contribution is -0.138. The standard InChI is InChI=1S/C9H10ClF3N2/c1-5-4-14-8(10)3-7(5)15-6(2)9(11,12)13/h3-4,6H,1-2H3,(H,14,15). The number of alkyl halides is 3. The van der Waals surface area contributed by atoms with Crippen molar-refractivity contribution in [2.45, 2.75) is 26.1 Å². The summed E-state index contributed by atoms with van der Waals surface area (Å²) in [5.74, 6) is 0. The number of hydrogen-bond donors (Lipinski definition) is 1. The molecule has 1 rings (SSSR count). The second kappa shape index (κ2) is 4.26. The third kappa shape index (κ3) is 3.27. The van der Waals surface area contributed by atoms with Crippen molar-refractivity contribution in [2.75, 3.05) is 5.32 Å². The maximum Gasteiger partial charge on any atom is 0.408 e. The molecule has 0 aliphatic heterocycles. The van der Waals surface area contributed by atoms with Gasteiger partial charge in [0.25, 0.3) is 0 Å². The van der Waals surface area contributed by atoms with Gasteiger partial charge in [0, 0.05) is 11.9 Å². The Morgan fingerprint density at radius 2 is 2.07 bits per heavy atom. The Bertz CT molecular complexity index is 352. The van der Waals surface area contributed by atoms with Gasteiger partial charge in [-0.3, -0.25) is 0 Å². The van der Waals surface area contributed by atoms with Gasteiger partial charge in [0.05, 0.1) is 0 Å². The molecule has 84 valence electrons. The quantitative estimate of drug-likeness (QED) is 0.799. The molecule has 0 aromatic carbocycles. The molecular formula is C9H10ClF3N2. The van der Waals surface area contributed by atoms with E-state index in [0.29, 0.717) is 11.3 Å². The number of hydrogen-bond acceptors (Lipinski definition) is 2. The second-order valence-corrected chi connectivity index (χ2v) is 3.62. The summed E-state index contributed by atoms with van der Waals surface area (Å²) in [5.41, 5.74) is 0.968.